The minimum Gasteiger partial charge on any atom is -0.374 e. The summed E-state index contributed by atoms with van der Waals surface area (Å²) >= 11 is 7.51. The lowest BCUT2D eigenvalue weighted by molar-refractivity contribution is 0.627. The second kappa shape index (κ2) is 5.24. The van der Waals surface area contributed by atoms with Gasteiger partial charge in [-0.2, -0.15) is 0 Å². The van der Waals surface area contributed by atoms with Crippen LogP contribution in [-0.2, 0) is 0 Å². The highest BCUT2D eigenvalue weighted by Crippen LogP contribution is 2.27. The van der Waals surface area contributed by atoms with Crippen molar-refractivity contribution in [2.75, 3.05) is 5.32 Å². The molecule has 1 aromatic carbocycles. The van der Waals surface area contributed by atoms with Gasteiger partial charge in [0, 0.05) is 9.90 Å². The molecular formula is C13H14ClFN2S. The number of thiazole rings is 1. The topological polar surface area (TPSA) is 24.9 Å². The maximum absolute atomic E-state index is 13.6. The second-order valence-corrected chi connectivity index (χ2v) is 6.01. The van der Waals surface area contributed by atoms with Crippen LogP contribution in [0.3, 0.4) is 0 Å². The second-order valence-electron chi connectivity index (χ2n) is 4.16. The molecule has 1 aromatic heterocycles. The SMILES string of the molecule is Cc1nc(C(C)Nc2cc(Cl)ccc2F)c(C)s1. The van der Waals surface area contributed by atoms with Gasteiger partial charge in [-0.15, -0.1) is 11.3 Å². The summed E-state index contributed by atoms with van der Waals surface area (Å²) < 4.78 is 13.6. The van der Waals surface area contributed by atoms with E-state index in [1.165, 1.54) is 12.1 Å². The van der Waals surface area contributed by atoms with Crippen molar-refractivity contribution in [1.82, 2.24) is 4.98 Å². The summed E-state index contributed by atoms with van der Waals surface area (Å²) in [5, 5.41) is 4.63. The predicted octanol–water partition coefficient (Wildman–Crippen LogP) is 4.73. The maximum Gasteiger partial charge on any atom is 0.146 e. The molecular weight excluding hydrogens is 271 g/mol. The summed E-state index contributed by atoms with van der Waals surface area (Å²) in [7, 11) is 0. The molecule has 0 spiro atoms. The first-order chi connectivity index (χ1) is 8.47. The van der Waals surface area contributed by atoms with Crippen LogP contribution in [-0.4, -0.2) is 4.98 Å². The number of benzene rings is 1. The number of hydrogen-bond acceptors (Lipinski definition) is 3. The number of nitrogens with zero attached hydrogens (tertiary/aromatic N) is 1. The van der Waals surface area contributed by atoms with Gasteiger partial charge in [-0.25, -0.2) is 9.37 Å². The van der Waals surface area contributed by atoms with Crippen LogP contribution in [0, 0.1) is 19.7 Å². The number of rotatable bonds is 3. The van der Waals surface area contributed by atoms with Gasteiger partial charge in [-0.05, 0) is 39.0 Å². The summed E-state index contributed by atoms with van der Waals surface area (Å²) in [4.78, 5) is 5.61. The Morgan fingerprint density at radius 3 is 2.72 bits per heavy atom. The van der Waals surface area contributed by atoms with Crippen molar-refractivity contribution >= 4 is 28.6 Å². The Bertz CT molecular complexity index is 568. The predicted molar refractivity (Wildman–Crippen MR) is 75.0 cm³/mol. The largest absolute Gasteiger partial charge is 0.374 e. The van der Waals surface area contributed by atoms with Crippen LogP contribution in [0.5, 0.6) is 0 Å². The van der Waals surface area contributed by atoms with E-state index in [0.717, 1.165) is 15.6 Å². The molecule has 1 atom stereocenters. The van der Waals surface area contributed by atoms with Crippen molar-refractivity contribution in [3.05, 3.63) is 44.6 Å². The van der Waals surface area contributed by atoms with Crippen LogP contribution in [0.25, 0.3) is 0 Å². The van der Waals surface area contributed by atoms with E-state index in [4.69, 9.17) is 11.6 Å². The zero-order chi connectivity index (χ0) is 13.3. The van der Waals surface area contributed by atoms with E-state index in [2.05, 4.69) is 10.3 Å². The molecule has 2 nitrogen and oxygen atoms in total. The Kier molecular flexibility index (Phi) is 3.88. The third kappa shape index (κ3) is 2.82. The van der Waals surface area contributed by atoms with Crippen LogP contribution in [0.15, 0.2) is 18.2 Å². The summed E-state index contributed by atoms with van der Waals surface area (Å²) in [5.74, 6) is -0.309. The molecule has 0 bridgehead atoms. The van der Waals surface area contributed by atoms with Crippen molar-refractivity contribution in [3.8, 4) is 0 Å². The Labute approximate surface area is 115 Å². The Morgan fingerprint density at radius 2 is 2.11 bits per heavy atom. The van der Waals surface area contributed by atoms with E-state index in [9.17, 15) is 4.39 Å². The number of nitrogens with one attached hydrogen (secondary N) is 1. The van der Waals surface area contributed by atoms with Gasteiger partial charge in [-0.3, -0.25) is 0 Å². The van der Waals surface area contributed by atoms with Gasteiger partial charge >= 0.3 is 0 Å². The van der Waals surface area contributed by atoms with Gasteiger partial charge in [0.25, 0.3) is 0 Å². The molecule has 2 rings (SSSR count). The first-order valence-corrected chi connectivity index (χ1v) is 6.82. The van der Waals surface area contributed by atoms with E-state index in [0.29, 0.717) is 10.7 Å². The lowest BCUT2D eigenvalue weighted by atomic mass is 10.2. The third-order valence-corrected chi connectivity index (χ3v) is 3.79. The van der Waals surface area contributed by atoms with Crippen molar-refractivity contribution in [2.24, 2.45) is 0 Å². The molecule has 0 radical (unpaired) electrons. The fraction of sp³-hybridized carbons (Fsp3) is 0.308. The van der Waals surface area contributed by atoms with Gasteiger partial charge in [0.1, 0.15) is 5.82 Å². The molecule has 0 aliphatic carbocycles. The van der Waals surface area contributed by atoms with Gasteiger partial charge in [0.2, 0.25) is 0 Å². The fourth-order valence-corrected chi connectivity index (χ4v) is 2.94. The average molecular weight is 285 g/mol. The highest BCUT2D eigenvalue weighted by molar-refractivity contribution is 7.11. The quantitative estimate of drug-likeness (QED) is 0.882. The molecule has 96 valence electrons. The highest BCUT2D eigenvalue weighted by atomic mass is 35.5. The first-order valence-electron chi connectivity index (χ1n) is 5.63. The molecule has 1 unspecified atom stereocenters. The zero-order valence-corrected chi connectivity index (χ0v) is 12.0. The number of aryl methyl sites for hydroxylation is 2. The summed E-state index contributed by atoms with van der Waals surface area (Å²) in [6, 6.07) is 4.42. The number of anilines is 1. The molecule has 0 saturated carbocycles. The minimum absolute atomic E-state index is 0.0529. The summed E-state index contributed by atoms with van der Waals surface area (Å²) in [6.07, 6.45) is 0. The number of hydrogen-bond donors (Lipinski definition) is 1. The highest BCUT2D eigenvalue weighted by Gasteiger charge is 2.14. The van der Waals surface area contributed by atoms with E-state index in [-0.39, 0.29) is 11.9 Å². The third-order valence-electron chi connectivity index (χ3n) is 2.65. The number of halogens is 2. The fourth-order valence-electron chi connectivity index (χ4n) is 1.86. The smallest absolute Gasteiger partial charge is 0.146 e. The van der Waals surface area contributed by atoms with Gasteiger partial charge in [0.05, 0.1) is 22.4 Å². The molecule has 5 heteroatoms. The van der Waals surface area contributed by atoms with Crippen LogP contribution in [0.4, 0.5) is 10.1 Å². The van der Waals surface area contributed by atoms with E-state index >= 15 is 0 Å². The van der Waals surface area contributed by atoms with Crippen LogP contribution < -0.4 is 5.32 Å². The lowest BCUT2D eigenvalue weighted by Crippen LogP contribution is -2.09. The molecule has 0 saturated heterocycles. The first kappa shape index (κ1) is 13.3. The van der Waals surface area contributed by atoms with Crippen LogP contribution in [0.1, 0.15) is 28.5 Å². The Hall–Kier alpha value is -1.13. The van der Waals surface area contributed by atoms with Crippen molar-refractivity contribution in [1.29, 1.82) is 0 Å². The Balaban J connectivity index is 2.23. The summed E-state index contributed by atoms with van der Waals surface area (Å²) in [5.41, 5.74) is 1.36. The van der Waals surface area contributed by atoms with Crippen LogP contribution >= 0.6 is 22.9 Å². The van der Waals surface area contributed by atoms with Crippen molar-refractivity contribution < 1.29 is 4.39 Å². The minimum atomic E-state index is -0.309. The molecule has 2 aromatic rings. The van der Waals surface area contributed by atoms with E-state index in [1.54, 1.807) is 17.4 Å². The molecule has 0 aliphatic rings. The zero-order valence-electron chi connectivity index (χ0n) is 10.4. The average Bonchev–Trinajstić information content (AvgIpc) is 2.63. The van der Waals surface area contributed by atoms with Crippen LogP contribution in [0.2, 0.25) is 5.02 Å². The van der Waals surface area contributed by atoms with Crippen molar-refractivity contribution in [3.63, 3.8) is 0 Å². The van der Waals surface area contributed by atoms with Gasteiger partial charge in [0.15, 0.2) is 0 Å². The number of aromatic nitrogens is 1. The van der Waals surface area contributed by atoms with Gasteiger partial charge < -0.3 is 5.32 Å². The molecule has 0 amide bonds. The molecule has 0 fully saturated rings. The molecule has 1 N–H and O–H groups in total. The molecule has 1 heterocycles. The van der Waals surface area contributed by atoms with Crippen molar-refractivity contribution in [2.45, 2.75) is 26.8 Å². The standard InChI is InChI=1S/C13H14ClFN2S/c1-7(13-8(2)18-9(3)17-13)16-12-6-10(14)4-5-11(12)15/h4-7,16H,1-3H3. The van der Waals surface area contributed by atoms with E-state index < -0.39 is 0 Å². The normalized spacial score (nSPS) is 12.5. The van der Waals surface area contributed by atoms with Gasteiger partial charge in [-0.1, -0.05) is 11.6 Å². The Morgan fingerprint density at radius 1 is 1.39 bits per heavy atom. The van der Waals surface area contributed by atoms with E-state index in [1.807, 2.05) is 20.8 Å². The summed E-state index contributed by atoms with van der Waals surface area (Å²) in [6.45, 7) is 5.95. The lowest BCUT2D eigenvalue weighted by Gasteiger charge is -2.15. The maximum atomic E-state index is 13.6. The molecule has 0 aliphatic heterocycles. The monoisotopic (exact) mass is 284 g/mol. The molecule has 18 heavy (non-hydrogen) atoms.